The Hall–Kier alpha value is -0.120. The van der Waals surface area contributed by atoms with Crippen molar-refractivity contribution >= 4 is 0 Å². The number of hydrogen-bond acceptors (Lipinski definition) is 3. The molecule has 2 fully saturated rings. The number of aliphatic hydroxyl groups is 1. The van der Waals surface area contributed by atoms with Gasteiger partial charge in [-0.3, -0.25) is 4.90 Å². The zero-order valence-electron chi connectivity index (χ0n) is 12.5. The molecule has 0 amide bonds. The highest BCUT2D eigenvalue weighted by Crippen LogP contribution is 2.33. The van der Waals surface area contributed by atoms with E-state index >= 15 is 0 Å². The van der Waals surface area contributed by atoms with E-state index in [1.54, 1.807) is 0 Å². The van der Waals surface area contributed by atoms with Gasteiger partial charge >= 0.3 is 0 Å². The molecule has 106 valence electrons. The second kappa shape index (κ2) is 5.10. The Morgan fingerprint density at radius 2 is 2.11 bits per heavy atom. The van der Waals surface area contributed by atoms with Crippen LogP contribution in [0.15, 0.2) is 0 Å². The van der Waals surface area contributed by atoms with E-state index in [4.69, 9.17) is 0 Å². The first kappa shape index (κ1) is 14.3. The Balaban J connectivity index is 1.93. The second-order valence-corrected chi connectivity index (χ2v) is 7.30. The number of likely N-dealkylation sites (tertiary alicyclic amines) is 1. The molecule has 1 saturated carbocycles. The highest BCUT2D eigenvalue weighted by atomic mass is 16.3. The van der Waals surface area contributed by atoms with Crippen molar-refractivity contribution in [2.24, 2.45) is 0 Å². The van der Waals surface area contributed by atoms with Crippen LogP contribution in [-0.2, 0) is 0 Å². The van der Waals surface area contributed by atoms with Crippen LogP contribution < -0.4 is 5.32 Å². The van der Waals surface area contributed by atoms with Crippen LogP contribution in [-0.4, -0.2) is 46.3 Å². The molecule has 2 N–H and O–H groups in total. The van der Waals surface area contributed by atoms with Crippen molar-refractivity contribution in [2.75, 3.05) is 13.2 Å². The fourth-order valence-electron chi connectivity index (χ4n) is 3.60. The summed E-state index contributed by atoms with van der Waals surface area (Å²) in [6.07, 6.45) is 6.19. The Morgan fingerprint density at radius 1 is 1.44 bits per heavy atom. The third-order valence-corrected chi connectivity index (χ3v) is 4.72. The lowest BCUT2D eigenvalue weighted by Gasteiger charge is -2.41. The molecule has 1 aliphatic carbocycles. The summed E-state index contributed by atoms with van der Waals surface area (Å²) >= 11 is 0. The van der Waals surface area contributed by atoms with Crippen molar-refractivity contribution < 1.29 is 5.11 Å². The maximum Gasteiger partial charge on any atom is 0.0611 e. The Kier molecular flexibility index (Phi) is 4.05. The highest BCUT2D eigenvalue weighted by molar-refractivity contribution is 4.97. The largest absolute Gasteiger partial charge is 0.394 e. The molecule has 2 atom stereocenters. The second-order valence-electron chi connectivity index (χ2n) is 7.30. The summed E-state index contributed by atoms with van der Waals surface area (Å²) in [7, 11) is 0. The first-order valence-corrected chi connectivity index (χ1v) is 7.52. The lowest BCUT2D eigenvalue weighted by molar-refractivity contribution is 0.0768. The molecule has 1 aliphatic heterocycles. The van der Waals surface area contributed by atoms with Gasteiger partial charge in [-0.05, 0) is 66.3 Å². The summed E-state index contributed by atoms with van der Waals surface area (Å²) in [5, 5.41) is 13.3. The van der Waals surface area contributed by atoms with E-state index in [1.807, 2.05) is 0 Å². The van der Waals surface area contributed by atoms with Crippen LogP contribution in [0.4, 0.5) is 0 Å². The molecule has 1 saturated heterocycles. The normalized spacial score (nSPS) is 29.2. The minimum atomic E-state index is -0.112. The SMILES string of the molecule is CC(CC(C)(CO)NC1CC1)N1CCCC1(C)C. The van der Waals surface area contributed by atoms with E-state index in [1.165, 1.54) is 32.2 Å². The van der Waals surface area contributed by atoms with Crippen molar-refractivity contribution in [1.82, 2.24) is 10.2 Å². The topological polar surface area (TPSA) is 35.5 Å². The monoisotopic (exact) mass is 254 g/mol. The number of aliphatic hydroxyl groups excluding tert-OH is 1. The molecule has 3 nitrogen and oxygen atoms in total. The van der Waals surface area contributed by atoms with Gasteiger partial charge in [0.1, 0.15) is 0 Å². The molecular weight excluding hydrogens is 224 g/mol. The molecule has 1 heterocycles. The average Bonchev–Trinajstić information content (AvgIpc) is 3.00. The summed E-state index contributed by atoms with van der Waals surface area (Å²) in [6, 6.07) is 1.19. The molecule has 18 heavy (non-hydrogen) atoms. The Labute approximate surface area is 112 Å². The summed E-state index contributed by atoms with van der Waals surface area (Å²) in [5.74, 6) is 0. The lowest BCUT2D eigenvalue weighted by atomic mass is 9.91. The average molecular weight is 254 g/mol. The van der Waals surface area contributed by atoms with E-state index in [2.05, 4.69) is 37.9 Å². The van der Waals surface area contributed by atoms with Gasteiger partial charge in [-0.25, -0.2) is 0 Å². The third-order valence-electron chi connectivity index (χ3n) is 4.72. The fraction of sp³-hybridized carbons (Fsp3) is 1.00. The van der Waals surface area contributed by atoms with Crippen LogP contribution in [0, 0.1) is 0 Å². The molecule has 0 bridgehead atoms. The summed E-state index contributed by atoms with van der Waals surface area (Å²) in [5.41, 5.74) is 0.217. The van der Waals surface area contributed by atoms with E-state index in [9.17, 15) is 5.11 Å². The molecule has 0 spiro atoms. The minimum absolute atomic E-state index is 0.112. The van der Waals surface area contributed by atoms with Crippen LogP contribution in [0.25, 0.3) is 0 Å². The highest BCUT2D eigenvalue weighted by Gasteiger charge is 2.39. The van der Waals surface area contributed by atoms with Gasteiger partial charge in [0.15, 0.2) is 0 Å². The van der Waals surface area contributed by atoms with E-state index in [0.717, 1.165) is 6.42 Å². The van der Waals surface area contributed by atoms with Gasteiger partial charge in [0.2, 0.25) is 0 Å². The molecule has 0 aromatic heterocycles. The van der Waals surface area contributed by atoms with Gasteiger partial charge in [0, 0.05) is 23.2 Å². The Morgan fingerprint density at radius 3 is 2.56 bits per heavy atom. The van der Waals surface area contributed by atoms with Crippen molar-refractivity contribution in [1.29, 1.82) is 0 Å². The van der Waals surface area contributed by atoms with Crippen LogP contribution in [0.2, 0.25) is 0 Å². The smallest absolute Gasteiger partial charge is 0.0611 e. The quantitative estimate of drug-likeness (QED) is 0.762. The zero-order chi connectivity index (χ0) is 13.4. The molecular formula is C15H30N2O. The predicted molar refractivity (Wildman–Crippen MR) is 75.7 cm³/mol. The van der Waals surface area contributed by atoms with E-state index in [-0.39, 0.29) is 12.1 Å². The van der Waals surface area contributed by atoms with Crippen molar-refractivity contribution in [3.63, 3.8) is 0 Å². The van der Waals surface area contributed by atoms with Gasteiger partial charge in [-0.2, -0.15) is 0 Å². The van der Waals surface area contributed by atoms with Crippen molar-refractivity contribution in [2.45, 2.75) is 83.0 Å². The summed E-state index contributed by atoms with van der Waals surface area (Å²) < 4.78 is 0. The Bertz CT molecular complexity index is 288. The molecule has 2 unspecified atom stereocenters. The fourth-order valence-corrected chi connectivity index (χ4v) is 3.60. The van der Waals surface area contributed by atoms with Crippen LogP contribution in [0.3, 0.4) is 0 Å². The van der Waals surface area contributed by atoms with E-state index in [0.29, 0.717) is 17.6 Å². The van der Waals surface area contributed by atoms with Gasteiger partial charge in [0.05, 0.1) is 6.61 Å². The molecule has 0 aromatic rings. The van der Waals surface area contributed by atoms with Crippen LogP contribution >= 0.6 is 0 Å². The minimum Gasteiger partial charge on any atom is -0.394 e. The van der Waals surface area contributed by atoms with Crippen LogP contribution in [0.1, 0.15) is 59.8 Å². The van der Waals surface area contributed by atoms with Crippen molar-refractivity contribution in [3.8, 4) is 0 Å². The first-order valence-electron chi connectivity index (χ1n) is 7.52. The lowest BCUT2D eigenvalue weighted by Crippen LogP contribution is -2.53. The molecule has 2 rings (SSSR count). The van der Waals surface area contributed by atoms with Gasteiger partial charge in [-0.1, -0.05) is 0 Å². The molecule has 2 aliphatic rings. The molecule has 3 heteroatoms. The number of nitrogens with zero attached hydrogens (tertiary/aromatic N) is 1. The van der Waals surface area contributed by atoms with Gasteiger partial charge in [0.25, 0.3) is 0 Å². The number of rotatable bonds is 6. The van der Waals surface area contributed by atoms with Crippen LogP contribution in [0.5, 0.6) is 0 Å². The summed E-state index contributed by atoms with van der Waals surface area (Å²) in [6.45, 7) is 10.6. The molecule has 0 aromatic carbocycles. The maximum absolute atomic E-state index is 9.70. The van der Waals surface area contributed by atoms with E-state index < -0.39 is 0 Å². The predicted octanol–water partition coefficient (Wildman–Crippen LogP) is 2.14. The van der Waals surface area contributed by atoms with Gasteiger partial charge < -0.3 is 10.4 Å². The first-order chi connectivity index (χ1) is 8.36. The maximum atomic E-state index is 9.70. The third kappa shape index (κ3) is 3.25. The molecule has 0 radical (unpaired) electrons. The van der Waals surface area contributed by atoms with Gasteiger partial charge in [-0.15, -0.1) is 0 Å². The number of nitrogens with one attached hydrogen (secondary N) is 1. The van der Waals surface area contributed by atoms with Crippen molar-refractivity contribution in [3.05, 3.63) is 0 Å². The zero-order valence-corrected chi connectivity index (χ0v) is 12.5. The number of hydrogen-bond donors (Lipinski definition) is 2. The summed E-state index contributed by atoms with van der Waals surface area (Å²) in [4.78, 5) is 2.62. The standard InChI is InChI=1S/C15H30N2O/c1-12(17-9-5-8-14(17,2)3)10-15(4,11-18)16-13-6-7-13/h12-13,16,18H,5-11H2,1-4H3.